The summed E-state index contributed by atoms with van der Waals surface area (Å²) in [6, 6.07) is 9.82. The molecule has 17 heavy (non-hydrogen) atoms. The highest BCUT2D eigenvalue weighted by Gasteiger charge is 1.99. The number of aryl methyl sites for hydroxylation is 2. The van der Waals surface area contributed by atoms with Crippen LogP contribution in [0.25, 0.3) is 0 Å². The molecule has 0 radical (unpaired) electrons. The molecule has 3 heteroatoms. The predicted molar refractivity (Wildman–Crippen MR) is 70.0 cm³/mol. The van der Waals surface area contributed by atoms with Crippen LogP contribution in [-0.4, -0.2) is 12.1 Å². The Kier molecular flexibility index (Phi) is 3.28. The van der Waals surface area contributed by atoms with Crippen molar-refractivity contribution in [2.45, 2.75) is 13.8 Å². The Bertz CT molecular complexity index is 506. The lowest BCUT2D eigenvalue weighted by Crippen LogP contribution is -1.95. The molecule has 1 heterocycles. The van der Waals surface area contributed by atoms with Crippen molar-refractivity contribution in [2.75, 3.05) is 12.4 Å². The summed E-state index contributed by atoms with van der Waals surface area (Å²) in [5.41, 5.74) is 3.43. The van der Waals surface area contributed by atoms with Crippen LogP contribution in [-0.2, 0) is 0 Å². The summed E-state index contributed by atoms with van der Waals surface area (Å²) >= 11 is 0. The maximum atomic E-state index is 5.11. The molecule has 0 saturated carbocycles. The first-order valence-electron chi connectivity index (χ1n) is 5.53. The topological polar surface area (TPSA) is 34.1 Å². The molecule has 88 valence electrons. The molecule has 2 aromatic rings. The van der Waals surface area contributed by atoms with Gasteiger partial charge in [0, 0.05) is 11.9 Å². The molecule has 0 atom stereocenters. The van der Waals surface area contributed by atoms with Gasteiger partial charge < -0.3 is 10.1 Å². The zero-order valence-corrected chi connectivity index (χ0v) is 10.3. The van der Waals surface area contributed by atoms with E-state index in [0.717, 1.165) is 17.3 Å². The van der Waals surface area contributed by atoms with Crippen LogP contribution < -0.4 is 10.1 Å². The standard InChI is InChI=1S/C14H16N2O/c1-10-8-14(15-9-11(10)2)16-12-4-6-13(17-3)7-5-12/h4-9H,1-3H3,(H,15,16). The summed E-state index contributed by atoms with van der Waals surface area (Å²) < 4.78 is 5.11. The van der Waals surface area contributed by atoms with Gasteiger partial charge in [-0.1, -0.05) is 0 Å². The van der Waals surface area contributed by atoms with E-state index in [-0.39, 0.29) is 0 Å². The van der Waals surface area contributed by atoms with Crippen LogP contribution in [0.15, 0.2) is 36.5 Å². The molecule has 0 spiro atoms. The van der Waals surface area contributed by atoms with Gasteiger partial charge in [0.1, 0.15) is 11.6 Å². The van der Waals surface area contributed by atoms with Crippen molar-refractivity contribution in [3.05, 3.63) is 47.7 Å². The second-order valence-electron chi connectivity index (χ2n) is 4.01. The van der Waals surface area contributed by atoms with Gasteiger partial charge in [-0.05, 0) is 55.3 Å². The molecule has 0 unspecified atom stereocenters. The average molecular weight is 228 g/mol. The molecule has 0 aliphatic rings. The van der Waals surface area contributed by atoms with Crippen molar-refractivity contribution in [2.24, 2.45) is 0 Å². The number of anilines is 2. The highest BCUT2D eigenvalue weighted by Crippen LogP contribution is 2.19. The molecular formula is C14H16N2O. The number of nitrogens with one attached hydrogen (secondary N) is 1. The smallest absolute Gasteiger partial charge is 0.130 e. The first-order valence-corrected chi connectivity index (χ1v) is 5.53. The Morgan fingerprint density at radius 2 is 1.76 bits per heavy atom. The van der Waals surface area contributed by atoms with Crippen LogP contribution in [0.2, 0.25) is 0 Å². The van der Waals surface area contributed by atoms with Gasteiger partial charge in [-0.2, -0.15) is 0 Å². The van der Waals surface area contributed by atoms with Gasteiger partial charge in [-0.15, -0.1) is 0 Å². The largest absolute Gasteiger partial charge is 0.497 e. The second kappa shape index (κ2) is 4.87. The molecular weight excluding hydrogens is 212 g/mol. The number of benzene rings is 1. The number of methoxy groups -OCH3 is 1. The number of pyridine rings is 1. The van der Waals surface area contributed by atoms with E-state index in [2.05, 4.69) is 24.1 Å². The zero-order chi connectivity index (χ0) is 12.3. The third kappa shape index (κ3) is 2.75. The first-order chi connectivity index (χ1) is 8.19. The van der Waals surface area contributed by atoms with Crippen LogP contribution in [0.3, 0.4) is 0 Å². The van der Waals surface area contributed by atoms with Crippen molar-refractivity contribution in [1.82, 2.24) is 4.98 Å². The Labute approximate surface area is 101 Å². The minimum absolute atomic E-state index is 0.851. The van der Waals surface area contributed by atoms with Gasteiger partial charge in [0.05, 0.1) is 7.11 Å². The first kappa shape index (κ1) is 11.5. The van der Waals surface area contributed by atoms with E-state index in [9.17, 15) is 0 Å². The minimum atomic E-state index is 0.851. The molecule has 0 aliphatic heterocycles. The number of hydrogen-bond acceptors (Lipinski definition) is 3. The quantitative estimate of drug-likeness (QED) is 0.873. The SMILES string of the molecule is COc1ccc(Nc2cc(C)c(C)cn2)cc1. The van der Waals surface area contributed by atoms with E-state index in [0.29, 0.717) is 0 Å². The van der Waals surface area contributed by atoms with E-state index in [1.807, 2.05) is 36.5 Å². The minimum Gasteiger partial charge on any atom is -0.497 e. The van der Waals surface area contributed by atoms with Crippen molar-refractivity contribution in [3.8, 4) is 5.75 Å². The molecule has 0 aliphatic carbocycles. The Morgan fingerprint density at radius 1 is 1.06 bits per heavy atom. The van der Waals surface area contributed by atoms with Crippen molar-refractivity contribution in [3.63, 3.8) is 0 Å². The normalized spacial score (nSPS) is 10.1. The Balaban J connectivity index is 2.16. The highest BCUT2D eigenvalue weighted by atomic mass is 16.5. The number of rotatable bonds is 3. The lowest BCUT2D eigenvalue weighted by atomic mass is 10.2. The lowest BCUT2D eigenvalue weighted by Gasteiger charge is -2.08. The van der Waals surface area contributed by atoms with Crippen LogP contribution in [0.4, 0.5) is 11.5 Å². The third-order valence-electron chi connectivity index (χ3n) is 2.73. The summed E-state index contributed by atoms with van der Waals surface area (Å²) in [5, 5.41) is 3.26. The summed E-state index contributed by atoms with van der Waals surface area (Å²) in [4.78, 5) is 4.33. The summed E-state index contributed by atoms with van der Waals surface area (Å²) in [6.07, 6.45) is 1.88. The molecule has 0 fully saturated rings. The average Bonchev–Trinajstić information content (AvgIpc) is 2.35. The number of hydrogen-bond donors (Lipinski definition) is 1. The van der Waals surface area contributed by atoms with Crippen LogP contribution in [0, 0.1) is 13.8 Å². The maximum Gasteiger partial charge on any atom is 0.130 e. The monoisotopic (exact) mass is 228 g/mol. The number of aromatic nitrogens is 1. The fraction of sp³-hybridized carbons (Fsp3) is 0.214. The van der Waals surface area contributed by atoms with Crippen molar-refractivity contribution < 1.29 is 4.74 Å². The molecule has 1 aromatic carbocycles. The summed E-state index contributed by atoms with van der Waals surface area (Å²) in [5.74, 6) is 1.71. The van der Waals surface area contributed by atoms with E-state index in [4.69, 9.17) is 4.74 Å². The molecule has 0 amide bonds. The van der Waals surface area contributed by atoms with Gasteiger partial charge in [0.2, 0.25) is 0 Å². The fourth-order valence-corrected chi connectivity index (χ4v) is 1.51. The van der Waals surface area contributed by atoms with E-state index in [1.54, 1.807) is 7.11 Å². The second-order valence-corrected chi connectivity index (χ2v) is 4.01. The van der Waals surface area contributed by atoms with Crippen LogP contribution >= 0.6 is 0 Å². The molecule has 2 rings (SSSR count). The van der Waals surface area contributed by atoms with Crippen molar-refractivity contribution >= 4 is 11.5 Å². The molecule has 0 bridgehead atoms. The molecule has 0 saturated heterocycles. The van der Waals surface area contributed by atoms with Gasteiger partial charge in [0.15, 0.2) is 0 Å². The Morgan fingerprint density at radius 3 is 2.35 bits per heavy atom. The molecule has 1 aromatic heterocycles. The highest BCUT2D eigenvalue weighted by molar-refractivity contribution is 5.57. The zero-order valence-electron chi connectivity index (χ0n) is 10.3. The summed E-state index contributed by atoms with van der Waals surface area (Å²) in [6.45, 7) is 4.13. The number of ether oxygens (including phenoxy) is 1. The molecule has 1 N–H and O–H groups in total. The van der Waals surface area contributed by atoms with Crippen LogP contribution in [0.1, 0.15) is 11.1 Å². The lowest BCUT2D eigenvalue weighted by molar-refractivity contribution is 0.415. The van der Waals surface area contributed by atoms with Gasteiger partial charge >= 0.3 is 0 Å². The van der Waals surface area contributed by atoms with E-state index < -0.39 is 0 Å². The number of nitrogens with zero attached hydrogens (tertiary/aromatic N) is 1. The predicted octanol–water partition coefficient (Wildman–Crippen LogP) is 3.45. The third-order valence-corrected chi connectivity index (χ3v) is 2.73. The molecule has 3 nitrogen and oxygen atoms in total. The van der Waals surface area contributed by atoms with Gasteiger partial charge in [-0.25, -0.2) is 4.98 Å². The summed E-state index contributed by atoms with van der Waals surface area (Å²) in [7, 11) is 1.66. The van der Waals surface area contributed by atoms with E-state index >= 15 is 0 Å². The van der Waals surface area contributed by atoms with E-state index in [1.165, 1.54) is 11.1 Å². The fourth-order valence-electron chi connectivity index (χ4n) is 1.51. The Hall–Kier alpha value is -2.03. The van der Waals surface area contributed by atoms with Gasteiger partial charge in [-0.3, -0.25) is 0 Å². The van der Waals surface area contributed by atoms with Crippen LogP contribution in [0.5, 0.6) is 5.75 Å². The van der Waals surface area contributed by atoms with Crippen molar-refractivity contribution in [1.29, 1.82) is 0 Å². The maximum absolute atomic E-state index is 5.11. The van der Waals surface area contributed by atoms with Gasteiger partial charge in [0.25, 0.3) is 0 Å².